The number of rotatable bonds is 4. The molecule has 0 spiro atoms. The minimum Gasteiger partial charge on any atom is -0.497 e. The van der Waals surface area contributed by atoms with Gasteiger partial charge in [0.05, 0.1) is 25.4 Å². The molecule has 4 aromatic rings. The predicted molar refractivity (Wildman–Crippen MR) is 104 cm³/mol. The molecule has 26 heavy (non-hydrogen) atoms. The molecule has 5 nitrogen and oxygen atoms in total. The van der Waals surface area contributed by atoms with Crippen molar-refractivity contribution in [2.45, 2.75) is 13.5 Å². The van der Waals surface area contributed by atoms with Crippen molar-refractivity contribution in [1.82, 2.24) is 14.5 Å². The normalized spacial score (nSPS) is 11.0. The zero-order valence-electron chi connectivity index (χ0n) is 14.5. The smallest absolute Gasteiger partial charge is 0.262 e. The maximum absolute atomic E-state index is 12.9. The first-order valence-electron chi connectivity index (χ1n) is 8.19. The highest BCUT2D eigenvalue weighted by molar-refractivity contribution is 7.21. The molecule has 0 aliphatic rings. The van der Waals surface area contributed by atoms with Crippen LogP contribution in [0.3, 0.4) is 0 Å². The van der Waals surface area contributed by atoms with E-state index in [1.54, 1.807) is 24.2 Å². The molecule has 130 valence electrons. The van der Waals surface area contributed by atoms with E-state index in [0.717, 1.165) is 32.3 Å². The SMILES string of the molecule is COc1cccc(Cn2cnc3sc(-c4ccnc(C)c4)cc3c2=O)c1. The Hall–Kier alpha value is -2.99. The molecule has 0 N–H and O–H groups in total. The van der Waals surface area contributed by atoms with Crippen LogP contribution in [0.5, 0.6) is 5.75 Å². The summed E-state index contributed by atoms with van der Waals surface area (Å²) in [4.78, 5) is 23.4. The van der Waals surface area contributed by atoms with Crippen LogP contribution in [0.2, 0.25) is 0 Å². The molecule has 3 heterocycles. The molecule has 0 saturated carbocycles. The molecule has 6 heteroatoms. The summed E-state index contributed by atoms with van der Waals surface area (Å²) in [5, 5.41) is 0.643. The van der Waals surface area contributed by atoms with Gasteiger partial charge in [0.2, 0.25) is 0 Å². The fourth-order valence-corrected chi connectivity index (χ4v) is 3.87. The molecule has 0 fully saturated rings. The maximum Gasteiger partial charge on any atom is 0.262 e. The second-order valence-electron chi connectivity index (χ2n) is 6.04. The Balaban J connectivity index is 1.74. The molecule has 0 aliphatic carbocycles. The van der Waals surface area contributed by atoms with Crippen LogP contribution >= 0.6 is 11.3 Å². The Morgan fingerprint density at radius 1 is 1.15 bits per heavy atom. The number of aryl methyl sites for hydroxylation is 1. The van der Waals surface area contributed by atoms with Crippen molar-refractivity contribution in [3.63, 3.8) is 0 Å². The van der Waals surface area contributed by atoms with Crippen molar-refractivity contribution in [1.29, 1.82) is 0 Å². The molecular formula is C20H17N3O2S. The van der Waals surface area contributed by atoms with Gasteiger partial charge in [-0.3, -0.25) is 14.3 Å². The highest BCUT2D eigenvalue weighted by atomic mass is 32.1. The largest absolute Gasteiger partial charge is 0.497 e. The first kappa shape index (κ1) is 16.5. The van der Waals surface area contributed by atoms with E-state index >= 15 is 0 Å². The number of ether oxygens (including phenoxy) is 1. The number of thiophene rings is 1. The number of nitrogens with zero attached hydrogens (tertiary/aromatic N) is 3. The molecule has 1 aromatic carbocycles. The predicted octanol–water partition coefficient (Wildman–Crippen LogP) is 3.89. The molecule has 3 aromatic heterocycles. The third-order valence-corrected chi connectivity index (χ3v) is 5.28. The van der Waals surface area contributed by atoms with E-state index in [2.05, 4.69) is 9.97 Å². The molecule has 0 aliphatic heterocycles. The summed E-state index contributed by atoms with van der Waals surface area (Å²) in [6, 6.07) is 13.6. The minimum atomic E-state index is -0.0360. The van der Waals surface area contributed by atoms with Gasteiger partial charge in [0.25, 0.3) is 5.56 Å². The van der Waals surface area contributed by atoms with Crippen LogP contribution in [-0.2, 0) is 6.54 Å². The van der Waals surface area contributed by atoms with Crippen molar-refractivity contribution < 1.29 is 4.74 Å². The highest BCUT2D eigenvalue weighted by Crippen LogP contribution is 2.30. The van der Waals surface area contributed by atoms with Gasteiger partial charge in [-0.05, 0) is 48.4 Å². The van der Waals surface area contributed by atoms with Crippen LogP contribution in [0.25, 0.3) is 20.7 Å². The van der Waals surface area contributed by atoms with E-state index in [1.165, 1.54) is 11.3 Å². The van der Waals surface area contributed by atoms with Gasteiger partial charge >= 0.3 is 0 Å². The van der Waals surface area contributed by atoms with Crippen molar-refractivity contribution in [3.05, 3.63) is 76.6 Å². The first-order valence-corrected chi connectivity index (χ1v) is 9.00. The molecule has 0 bridgehead atoms. The summed E-state index contributed by atoms with van der Waals surface area (Å²) in [5.41, 5.74) is 2.96. The number of methoxy groups -OCH3 is 1. The van der Waals surface area contributed by atoms with Gasteiger partial charge in [-0.25, -0.2) is 4.98 Å². The number of benzene rings is 1. The zero-order valence-corrected chi connectivity index (χ0v) is 15.3. The second-order valence-corrected chi connectivity index (χ2v) is 7.08. The van der Waals surface area contributed by atoms with Gasteiger partial charge in [-0.15, -0.1) is 11.3 Å². The summed E-state index contributed by atoms with van der Waals surface area (Å²) in [6.07, 6.45) is 3.39. The van der Waals surface area contributed by atoms with Crippen molar-refractivity contribution in [2.75, 3.05) is 7.11 Å². The third-order valence-electron chi connectivity index (χ3n) is 4.19. The summed E-state index contributed by atoms with van der Waals surface area (Å²) >= 11 is 1.52. The highest BCUT2D eigenvalue weighted by Gasteiger charge is 2.11. The Morgan fingerprint density at radius 2 is 2.04 bits per heavy atom. The van der Waals surface area contributed by atoms with Crippen LogP contribution in [-0.4, -0.2) is 21.6 Å². The standard InChI is InChI=1S/C20H17N3O2S/c1-13-8-15(6-7-21-13)18-10-17-19(26-18)22-12-23(20(17)24)11-14-4-3-5-16(9-14)25-2/h3-10,12H,11H2,1-2H3. The van der Waals surface area contributed by atoms with Gasteiger partial charge < -0.3 is 4.74 Å². The molecule has 4 rings (SSSR count). The van der Waals surface area contributed by atoms with E-state index in [4.69, 9.17) is 4.74 Å². The quantitative estimate of drug-likeness (QED) is 0.552. The van der Waals surface area contributed by atoms with Gasteiger partial charge in [-0.2, -0.15) is 0 Å². The van der Waals surface area contributed by atoms with E-state index in [9.17, 15) is 4.79 Å². The molecule has 0 amide bonds. The number of hydrogen-bond donors (Lipinski definition) is 0. The Bertz CT molecular complexity index is 1150. The average molecular weight is 363 g/mol. The topological polar surface area (TPSA) is 57.0 Å². The maximum atomic E-state index is 12.9. The lowest BCUT2D eigenvalue weighted by atomic mass is 10.2. The minimum absolute atomic E-state index is 0.0360. The number of fused-ring (bicyclic) bond motifs is 1. The van der Waals surface area contributed by atoms with Gasteiger partial charge in [0.1, 0.15) is 10.6 Å². The van der Waals surface area contributed by atoms with E-state index in [0.29, 0.717) is 11.9 Å². The van der Waals surface area contributed by atoms with Gasteiger partial charge in [0, 0.05) is 16.8 Å². The van der Waals surface area contributed by atoms with Crippen LogP contribution < -0.4 is 10.3 Å². The van der Waals surface area contributed by atoms with Crippen molar-refractivity contribution in [3.8, 4) is 16.2 Å². The Labute approximate surface area is 154 Å². The number of aromatic nitrogens is 3. The molecule has 0 atom stereocenters. The fourth-order valence-electron chi connectivity index (χ4n) is 2.88. The van der Waals surface area contributed by atoms with Crippen LogP contribution in [0.4, 0.5) is 0 Å². The van der Waals surface area contributed by atoms with Crippen molar-refractivity contribution >= 4 is 21.6 Å². The summed E-state index contributed by atoms with van der Waals surface area (Å²) in [5.74, 6) is 0.774. The first-order chi connectivity index (χ1) is 12.6. The van der Waals surface area contributed by atoms with Crippen molar-refractivity contribution in [2.24, 2.45) is 0 Å². The molecular weight excluding hydrogens is 346 g/mol. The lowest BCUT2D eigenvalue weighted by Crippen LogP contribution is -2.20. The van der Waals surface area contributed by atoms with Gasteiger partial charge in [-0.1, -0.05) is 12.1 Å². The summed E-state index contributed by atoms with van der Waals surface area (Å²) in [7, 11) is 1.63. The lowest BCUT2D eigenvalue weighted by Gasteiger charge is -2.07. The third kappa shape index (κ3) is 3.11. The zero-order chi connectivity index (χ0) is 18.1. The van der Waals surface area contributed by atoms with Crippen LogP contribution in [0.1, 0.15) is 11.3 Å². The Kier molecular flexibility index (Phi) is 4.26. The van der Waals surface area contributed by atoms with Crippen LogP contribution in [0, 0.1) is 6.92 Å². The molecule has 0 unspecified atom stereocenters. The second kappa shape index (κ2) is 6.72. The van der Waals surface area contributed by atoms with Gasteiger partial charge in [0.15, 0.2) is 0 Å². The van der Waals surface area contributed by atoms with E-state index < -0.39 is 0 Å². The fraction of sp³-hybridized carbons (Fsp3) is 0.150. The van der Waals surface area contributed by atoms with Crippen LogP contribution in [0.15, 0.2) is 59.8 Å². The van der Waals surface area contributed by atoms with E-state index in [-0.39, 0.29) is 5.56 Å². The molecule has 0 radical (unpaired) electrons. The summed E-state index contributed by atoms with van der Waals surface area (Å²) < 4.78 is 6.88. The monoisotopic (exact) mass is 363 g/mol. The van der Waals surface area contributed by atoms with E-state index in [1.807, 2.05) is 49.4 Å². The number of pyridine rings is 1. The lowest BCUT2D eigenvalue weighted by molar-refractivity contribution is 0.414. The Morgan fingerprint density at radius 3 is 2.85 bits per heavy atom. The number of hydrogen-bond acceptors (Lipinski definition) is 5. The average Bonchev–Trinajstić information content (AvgIpc) is 3.09. The summed E-state index contributed by atoms with van der Waals surface area (Å²) in [6.45, 7) is 2.41. The molecule has 0 saturated heterocycles.